The number of amides is 4. The molecule has 0 aliphatic carbocycles. The van der Waals surface area contributed by atoms with Crippen LogP contribution in [0.4, 0.5) is 4.79 Å². The van der Waals surface area contributed by atoms with Crippen LogP contribution in [0.1, 0.15) is 16.9 Å². The van der Waals surface area contributed by atoms with Crippen molar-refractivity contribution < 1.29 is 23.5 Å². The van der Waals surface area contributed by atoms with Crippen LogP contribution >= 0.6 is 11.6 Å². The highest BCUT2D eigenvalue weighted by Gasteiger charge is 2.36. The molecule has 4 rings (SSSR count). The van der Waals surface area contributed by atoms with Crippen molar-refractivity contribution in [3.05, 3.63) is 94.4 Å². The van der Waals surface area contributed by atoms with Crippen LogP contribution in [-0.2, 0) is 22.7 Å². The first-order chi connectivity index (χ1) is 15.0. The molecular weight excluding hydrogens is 420 g/mol. The van der Waals surface area contributed by atoms with Crippen LogP contribution in [0.2, 0.25) is 5.02 Å². The fraction of sp³-hybridized carbons (Fsp3) is 0.0870. The van der Waals surface area contributed by atoms with E-state index >= 15 is 0 Å². The van der Waals surface area contributed by atoms with Crippen molar-refractivity contribution >= 4 is 35.5 Å². The standard InChI is InChI=1S/C23H17ClN2O5/c24-17-9-7-15(8-10-17)14-31-20-6-2-1-4-16(20)12-19-21(27)25-23(29)26(22(19)28)13-18-5-3-11-30-18/h1-12H,13-14H2,(H,25,27,29)/b19-12+. The normalized spacial score (nSPS) is 15.3. The third-order valence-corrected chi connectivity index (χ3v) is 4.86. The molecule has 1 aromatic heterocycles. The highest BCUT2D eigenvalue weighted by Crippen LogP contribution is 2.24. The van der Waals surface area contributed by atoms with Gasteiger partial charge in [0.2, 0.25) is 0 Å². The lowest BCUT2D eigenvalue weighted by Crippen LogP contribution is -2.53. The van der Waals surface area contributed by atoms with Crippen LogP contribution in [0.15, 0.2) is 76.9 Å². The molecule has 0 bridgehead atoms. The van der Waals surface area contributed by atoms with Crippen molar-refractivity contribution in [2.45, 2.75) is 13.2 Å². The van der Waals surface area contributed by atoms with Gasteiger partial charge in [-0.2, -0.15) is 0 Å². The summed E-state index contributed by atoms with van der Waals surface area (Å²) >= 11 is 5.90. The molecule has 1 fully saturated rings. The number of benzene rings is 2. The number of halogens is 1. The van der Waals surface area contributed by atoms with E-state index in [1.165, 1.54) is 12.3 Å². The molecule has 0 saturated carbocycles. The minimum Gasteiger partial charge on any atom is -0.488 e. The van der Waals surface area contributed by atoms with Crippen LogP contribution in [0.25, 0.3) is 6.08 Å². The molecule has 2 aromatic carbocycles. The summed E-state index contributed by atoms with van der Waals surface area (Å²) in [6.07, 6.45) is 2.86. The Bertz CT molecular complexity index is 1150. The van der Waals surface area contributed by atoms with Crippen molar-refractivity contribution in [2.24, 2.45) is 0 Å². The molecule has 1 aliphatic heterocycles. The number of ether oxygens (including phenoxy) is 1. The van der Waals surface area contributed by atoms with Gasteiger partial charge in [0.15, 0.2) is 0 Å². The maximum atomic E-state index is 12.9. The predicted molar refractivity (Wildman–Crippen MR) is 113 cm³/mol. The molecule has 1 aliphatic rings. The monoisotopic (exact) mass is 436 g/mol. The predicted octanol–water partition coefficient (Wildman–Crippen LogP) is 4.17. The zero-order valence-electron chi connectivity index (χ0n) is 16.2. The van der Waals surface area contributed by atoms with Crippen molar-refractivity contribution in [2.75, 3.05) is 0 Å². The summed E-state index contributed by atoms with van der Waals surface area (Å²) in [5.74, 6) is -0.570. The lowest BCUT2D eigenvalue weighted by atomic mass is 10.1. The summed E-state index contributed by atoms with van der Waals surface area (Å²) in [7, 11) is 0. The first-order valence-electron chi connectivity index (χ1n) is 9.39. The number of carbonyl (C=O) groups excluding carboxylic acids is 3. The number of hydrogen-bond donors (Lipinski definition) is 1. The molecule has 7 nitrogen and oxygen atoms in total. The SMILES string of the molecule is O=C1NC(=O)N(Cc2ccco2)C(=O)/C1=C/c1ccccc1OCc1ccc(Cl)cc1. The zero-order valence-corrected chi connectivity index (χ0v) is 17.0. The molecule has 0 spiro atoms. The third kappa shape index (κ3) is 4.67. The molecule has 0 unspecified atom stereocenters. The molecule has 2 heterocycles. The fourth-order valence-corrected chi connectivity index (χ4v) is 3.15. The van der Waals surface area contributed by atoms with Crippen molar-refractivity contribution in [3.8, 4) is 5.75 Å². The first-order valence-corrected chi connectivity index (χ1v) is 9.76. The number of hydrogen-bond acceptors (Lipinski definition) is 5. The van der Waals surface area contributed by atoms with Gasteiger partial charge in [-0.1, -0.05) is 41.9 Å². The Labute approximate surface area is 182 Å². The van der Waals surface area contributed by atoms with E-state index in [4.69, 9.17) is 20.8 Å². The first kappa shape index (κ1) is 20.4. The van der Waals surface area contributed by atoms with Crippen LogP contribution < -0.4 is 10.1 Å². The Morgan fingerprint density at radius 3 is 2.52 bits per heavy atom. The summed E-state index contributed by atoms with van der Waals surface area (Å²) in [6.45, 7) is 0.192. The molecule has 1 N–H and O–H groups in total. The Hall–Kier alpha value is -3.84. The number of para-hydroxylation sites is 1. The van der Waals surface area contributed by atoms with Crippen molar-refractivity contribution in [1.82, 2.24) is 10.2 Å². The number of barbiturate groups is 1. The fourth-order valence-electron chi connectivity index (χ4n) is 3.02. The number of nitrogens with zero attached hydrogens (tertiary/aromatic N) is 1. The Kier molecular flexibility index (Phi) is 5.86. The van der Waals surface area contributed by atoms with Gasteiger partial charge in [0.25, 0.3) is 11.8 Å². The van der Waals surface area contributed by atoms with E-state index in [0.717, 1.165) is 10.5 Å². The minimum atomic E-state index is -0.796. The Morgan fingerprint density at radius 2 is 1.77 bits per heavy atom. The quantitative estimate of drug-likeness (QED) is 0.462. The second kappa shape index (κ2) is 8.89. The van der Waals surface area contributed by atoms with Gasteiger partial charge >= 0.3 is 6.03 Å². The molecule has 8 heteroatoms. The van der Waals surface area contributed by atoms with E-state index < -0.39 is 17.8 Å². The Balaban J connectivity index is 1.57. The molecule has 1 saturated heterocycles. The van der Waals surface area contributed by atoms with E-state index in [1.807, 2.05) is 12.1 Å². The van der Waals surface area contributed by atoms with Gasteiger partial charge in [-0.25, -0.2) is 4.79 Å². The maximum absolute atomic E-state index is 12.9. The average Bonchev–Trinajstić information content (AvgIpc) is 3.28. The van der Waals surface area contributed by atoms with Gasteiger partial charge in [0.1, 0.15) is 23.7 Å². The number of rotatable bonds is 6. The van der Waals surface area contributed by atoms with E-state index in [1.54, 1.807) is 48.5 Å². The molecule has 4 amide bonds. The lowest BCUT2D eigenvalue weighted by Gasteiger charge is -2.25. The number of urea groups is 1. The van der Waals surface area contributed by atoms with Gasteiger partial charge in [0, 0.05) is 10.6 Å². The van der Waals surface area contributed by atoms with Crippen LogP contribution in [0.5, 0.6) is 5.75 Å². The van der Waals surface area contributed by atoms with Gasteiger partial charge < -0.3 is 9.15 Å². The highest BCUT2D eigenvalue weighted by atomic mass is 35.5. The van der Waals surface area contributed by atoms with Crippen LogP contribution in [-0.4, -0.2) is 22.7 Å². The molecular formula is C23H17ClN2O5. The second-order valence-electron chi connectivity index (χ2n) is 6.74. The van der Waals surface area contributed by atoms with Gasteiger partial charge in [-0.15, -0.1) is 0 Å². The summed E-state index contributed by atoms with van der Waals surface area (Å²) in [6, 6.07) is 16.7. The largest absolute Gasteiger partial charge is 0.488 e. The average molecular weight is 437 g/mol. The van der Waals surface area contributed by atoms with E-state index in [2.05, 4.69) is 5.32 Å². The van der Waals surface area contributed by atoms with E-state index in [0.29, 0.717) is 22.1 Å². The molecule has 0 radical (unpaired) electrons. The number of imide groups is 2. The van der Waals surface area contributed by atoms with Crippen molar-refractivity contribution in [3.63, 3.8) is 0 Å². The smallest absolute Gasteiger partial charge is 0.331 e. The molecule has 3 aromatic rings. The minimum absolute atomic E-state index is 0.0863. The summed E-state index contributed by atoms with van der Waals surface area (Å²) < 4.78 is 11.1. The second-order valence-corrected chi connectivity index (χ2v) is 7.18. The summed E-state index contributed by atoms with van der Waals surface area (Å²) in [4.78, 5) is 38.3. The summed E-state index contributed by atoms with van der Waals surface area (Å²) in [5.41, 5.74) is 1.27. The van der Waals surface area contributed by atoms with E-state index in [-0.39, 0.29) is 18.7 Å². The molecule has 0 atom stereocenters. The van der Waals surface area contributed by atoms with Gasteiger partial charge in [-0.05, 0) is 42.0 Å². The number of furan rings is 1. The number of nitrogens with one attached hydrogen (secondary N) is 1. The zero-order chi connectivity index (χ0) is 21.8. The molecule has 156 valence electrons. The Morgan fingerprint density at radius 1 is 1.00 bits per heavy atom. The number of carbonyl (C=O) groups is 3. The summed E-state index contributed by atoms with van der Waals surface area (Å²) in [5, 5.41) is 2.82. The van der Waals surface area contributed by atoms with Crippen LogP contribution in [0, 0.1) is 0 Å². The maximum Gasteiger partial charge on any atom is 0.331 e. The van der Waals surface area contributed by atoms with Gasteiger partial charge in [-0.3, -0.25) is 19.8 Å². The molecule has 31 heavy (non-hydrogen) atoms. The lowest BCUT2D eigenvalue weighted by molar-refractivity contribution is -0.130. The van der Waals surface area contributed by atoms with Crippen molar-refractivity contribution in [1.29, 1.82) is 0 Å². The third-order valence-electron chi connectivity index (χ3n) is 4.61. The van der Waals surface area contributed by atoms with E-state index in [9.17, 15) is 14.4 Å². The van der Waals surface area contributed by atoms with Crippen LogP contribution in [0.3, 0.4) is 0 Å². The topological polar surface area (TPSA) is 88.9 Å². The highest BCUT2D eigenvalue weighted by molar-refractivity contribution is 6.31. The van der Waals surface area contributed by atoms with Gasteiger partial charge in [0.05, 0.1) is 12.8 Å².